The smallest absolute Gasteiger partial charge is 0.419 e. The summed E-state index contributed by atoms with van der Waals surface area (Å²) in [7, 11) is -3.42. The van der Waals surface area contributed by atoms with Crippen molar-refractivity contribution in [3.63, 3.8) is 0 Å². The lowest BCUT2D eigenvalue weighted by molar-refractivity contribution is -0.137. The van der Waals surface area contributed by atoms with Crippen LogP contribution < -0.4 is 10.2 Å². The largest absolute Gasteiger partial charge is 0.444 e. The van der Waals surface area contributed by atoms with Crippen LogP contribution in [0.1, 0.15) is 26.3 Å². The number of carbonyl (C=O) groups is 1. The topological polar surface area (TPSA) is 91.8 Å². The second-order valence-electron chi connectivity index (χ2n) is 7.34. The Morgan fingerprint density at radius 3 is 2.18 bits per heavy atom. The first kappa shape index (κ1) is 22.2. The maximum absolute atomic E-state index is 13.4. The Morgan fingerprint density at radius 2 is 1.71 bits per heavy atom. The van der Waals surface area contributed by atoms with Crippen molar-refractivity contribution in [3.8, 4) is 0 Å². The first-order valence-corrected chi connectivity index (χ1v) is 10.3. The standard InChI is InChI=1S/C16H23F3N4O4S/c1-15(2,3)27-14(24)21-12-6-5-11(16(17,18)19)13(20-12)22-7-9-23(10-8-22)28(4,25)26/h5-6H,7-10H2,1-4H3,(H,20,21,24). The van der Waals surface area contributed by atoms with Gasteiger partial charge in [0.05, 0.1) is 11.8 Å². The maximum atomic E-state index is 13.4. The van der Waals surface area contributed by atoms with Gasteiger partial charge in [0.2, 0.25) is 10.0 Å². The fourth-order valence-corrected chi connectivity index (χ4v) is 3.45. The number of nitrogens with zero attached hydrogens (tertiary/aromatic N) is 3. The average Bonchev–Trinajstić information content (AvgIpc) is 2.51. The Kier molecular flexibility index (Phi) is 6.14. The zero-order valence-corrected chi connectivity index (χ0v) is 16.8. The van der Waals surface area contributed by atoms with Crippen LogP contribution in [0.15, 0.2) is 12.1 Å². The van der Waals surface area contributed by atoms with Crippen molar-refractivity contribution in [2.75, 3.05) is 42.7 Å². The van der Waals surface area contributed by atoms with Crippen LogP contribution in [0.2, 0.25) is 0 Å². The number of ether oxygens (including phenoxy) is 1. The van der Waals surface area contributed by atoms with Crippen LogP contribution in [0.5, 0.6) is 0 Å². The van der Waals surface area contributed by atoms with Gasteiger partial charge in [0.1, 0.15) is 17.2 Å². The lowest BCUT2D eigenvalue weighted by Gasteiger charge is -2.35. The van der Waals surface area contributed by atoms with Crippen LogP contribution in [0.4, 0.5) is 29.6 Å². The Bertz CT molecular complexity index is 829. The minimum atomic E-state index is -4.65. The summed E-state index contributed by atoms with van der Waals surface area (Å²) in [4.78, 5) is 17.2. The fourth-order valence-electron chi connectivity index (χ4n) is 2.62. The van der Waals surface area contributed by atoms with Gasteiger partial charge in [-0.2, -0.15) is 17.5 Å². The van der Waals surface area contributed by atoms with E-state index >= 15 is 0 Å². The number of sulfonamides is 1. The highest BCUT2D eigenvalue weighted by Crippen LogP contribution is 2.36. The molecule has 1 fully saturated rings. The van der Waals surface area contributed by atoms with E-state index in [9.17, 15) is 26.4 Å². The summed E-state index contributed by atoms with van der Waals surface area (Å²) in [5.41, 5.74) is -1.74. The molecule has 12 heteroatoms. The number of anilines is 2. The van der Waals surface area contributed by atoms with Crippen LogP contribution in [0, 0.1) is 0 Å². The predicted octanol–water partition coefficient (Wildman–Crippen LogP) is 2.53. The van der Waals surface area contributed by atoms with Crippen LogP contribution >= 0.6 is 0 Å². The normalized spacial score (nSPS) is 16.8. The molecule has 2 rings (SSSR count). The molecule has 0 atom stereocenters. The summed E-state index contributed by atoms with van der Waals surface area (Å²) in [6.07, 6.45) is -4.44. The van der Waals surface area contributed by atoms with Gasteiger partial charge in [-0.3, -0.25) is 5.32 Å². The molecule has 0 radical (unpaired) electrons. The van der Waals surface area contributed by atoms with Crippen LogP contribution in [-0.2, 0) is 20.9 Å². The molecule has 158 valence electrons. The van der Waals surface area contributed by atoms with Gasteiger partial charge >= 0.3 is 12.3 Å². The SMILES string of the molecule is CC(C)(C)OC(=O)Nc1ccc(C(F)(F)F)c(N2CCN(S(C)(=O)=O)CC2)n1. The van der Waals surface area contributed by atoms with Gasteiger partial charge in [0.15, 0.2) is 0 Å². The molecule has 1 amide bonds. The molecule has 1 aromatic heterocycles. The molecule has 0 bridgehead atoms. The fraction of sp³-hybridized carbons (Fsp3) is 0.625. The summed E-state index contributed by atoms with van der Waals surface area (Å²) in [5, 5.41) is 2.32. The lowest BCUT2D eigenvalue weighted by Crippen LogP contribution is -2.49. The molecule has 8 nitrogen and oxygen atoms in total. The third-order valence-electron chi connectivity index (χ3n) is 3.82. The van der Waals surface area contributed by atoms with Gasteiger partial charge in [-0.15, -0.1) is 0 Å². The number of alkyl halides is 3. The van der Waals surface area contributed by atoms with E-state index in [0.717, 1.165) is 18.4 Å². The number of aromatic nitrogens is 1. The summed E-state index contributed by atoms with van der Waals surface area (Å²) in [5.74, 6) is -0.461. The molecule has 1 aromatic rings. The third kappa shape index (κ3) is 5.96. The molecule has 0 aromatic carbocycles. The van der Waals surface area contributed by atoms with E-state index in [1.54, 1.807) is 20.8 Å². The Hall–Kier alpha value is -2.08. The second kappa shape index (κ2) is 7.74. The summed E-state index contributed by atoms with van der Waals surface area (Å²) in [6, 6.07) is 1.88. The number of amides is 1. The van der Waals surface area contributed by atoms with Crippen molar-refractivity contribution in [2.45, 2.75) is 32.5 Å². The molecule has 0 spiro atoms. The number of rotatable bonds is 3. The van der Waals surface area contributed by atoms with E-state index in [2.05, 4.69) is 10.3 Å². The van der Waals surface area contributed by atoms with Crippen molar-refractivity contribution in [1.82, 2.24) is 9.29 Å². The third-order valence-corrected chi connectivity index (χ3v) is 5.12. The molecule has 28 heavy (non-hydrogen) atoms. The van der Waals surface area contributed by atoms with Gasteiger partial charge in [-0.05, 0) is 32.9 Å². The highest BCUT2D eigenvalue weighted by atomic mass is 32.2. The zero-order chi connectivity index (χ0) is 21.3. The van der Waals surface area contributed by atoms with Gasteiger partial charge in [-0.1, -0.05) is 0 Å². The quantitative estimate of drug-likeness (QED) is 0.802. The second-order valence-corrected chi connectivity index (χ2v) is 9.32. The molecule has 1 aliphatic rings. The molecule has 2 heterocycles. The van der Waals surface area contributed by atoms with E-state index in [1.165, 1.54) is 9.21 Å². The number of pyridine rings is 1. The van der Waals surface area contributed by atoms with Gasteiger partial charge in [0.25, 0.3) is 0 Å². The Morgan fingerprint density at radius 1 is 1.14 bits per heavy atom. The zero-order valence-electron chi connectivity index (χ0n) is 16.0. The monoisotopic (exact) mass is 424 g/mol. The molecule has 0 unspecified atom stereocenters. The Balaban J connectivity index is 2.27. The molecular weight excluding hydrogens is 401 g/mol. The number of halogens is 3. The van der Waals surface area contributed by atoms with E-state index in [-0.39, 0.29) is 37.8 Å². The molecule has 1 N–H and O–H groups in total. The predicted molar refractivity (Wildman–Crippen MR) is 97.7 cm³/mol. The van der Waals surface area contributed by atoms with Crippen LogP contribution in [0.25, 0.3) is 0 Å². The number of hydrogen-bond donors (Lipinski definition) is 1. The summed E-state index contributed by atoms with van der Waals surface area (Å²) in [6.45, 7) is 5.12. The summed E-state index contributed by atoms with van der Waals surface area (Å²) >= 11 is 0. The van der Waals surface area contributed by atoms with Gasteiger partial charge in [-0.25, -0.2) is 18.2 Å². The van der Waals surface area contributed by atoms with E-state index < -0.39 is 33.5 Å². The number of carbonyl (C=O) groups excluding carboxylic acids is 1. The molecular formula is C16H23F3N4O4S. The van der Waals surface area contributed by atoms with Crippen molar-refractivity contribution in [1.29, 1.82) is 0 Å². The number of nitrogens with one attached hydrogen (secondary N) is 1. The van der Waals surface area contributed by atoms with E-state index in [0.29, 0.717) is 0 Å². The van der Waals surface area contributed by atoms with Crippen LogP contribution in [-0.4, -0.2) is 61.8 Å². The minimum absolute atomic E-state index is 0.0407. The lowest BCUT2D eigenvalue weighted by atomic mass is 10.2. The number of hydrogen-bond acceptors (Lipinski definition) is 6. The highest BCUT2D eigenvalue weighted by molar-refractivity contribution is 7.88. The molecule has 1 aliphatic heterocycles. The van der Waals surface area contributed by atoms with Crippen LogP contribution in [0.3, 0.4) is 0 Å². The average molecular weight is 424 g/mol. The maximum Gasteiger partial charge on any atom is 0.419 e. The summed E-state index contributed by atoms with van der Waals surface area (Å²) < 4.78 is 69.7. The highest BCUT2D eigenvalue weighted by Gasteiger charge is 2.37. The van der Waals surface area contributed by atoms with Crippen molar-refractivity contribution in [2.24, 2.45) is 0 Å². The van der Waals surface area contributed by atoms with Gasteiger partial charge < -0.3 is 9.64 Å². The minimum Gasteiger partial charge on any atom is -0.444 e. The Labute approximate surface area is 161 Å². The molecule has 1 saturated heterocycles. The first-order valence-electron chi connectivity index (χ1n) is 8.45. The van der Waals surface area contributed by atoms with E-state index in [1.807, 2.05) is 0 Å². The first-order chi connectivity index (χ1) is 12.7. The number of piperazine rings is 1. The van der Waals surface area contributed by atoms with Crippen molar-refractivity contribution >= 4 is 27.8 Å². The van der Waals surface area contributed by atoms with Crippen molar-refractivity contribution < 1.29 is 31.1 Å². The van der Waals surface area contributed by atoms with Crippen molar-refractivity contribution in [3.05, 3.63) is 17.7 Å². The molecule has 0 aliphatic carbocycles. The van der Waals surface area contributed by atoms with E-state index in [4.69, 9.17) is 4.74 Å². The molecule has 0 saturated carbocycles. The van der Waals surface area contributed by atoms with Gasteiger partial charge in [0, 0.05) is 26.2 Å².